The van der Waals surface area contributed by atoms with Crippen LogP contribution in [0.3, 0.4) is 0 Å². The lowest BCUT2D eigenvalue weighted by Crippen LogP contribution is -2.54. The van der Waals surface area contributed by atoms with Gasteiger partial charge in [-0.3, -0.25) is 14.8 Å². The Bertz CT molecular complexity index is 748. The third-order valence-electron chi connectivity index (χ3n) is 4.73. The van der Waals surface area contributed by atoms with E-state index in [2.05, 4.69) is 14.9 Å². The quantitative estimate of drug-likeness (QED) is 0.832. The number of carbonyl (C=O) groups is 1. The number of aliphatic hydroxyl groups is 1. The molecule has 3 N–H and O–H groups in total. The molecule has 1 aliphatic rings. The van der Waals surface area contributed by atoms with Crippen LogP contribution in [0.1, 0.15) is 19.3 Å². The smallest absolute Gasteiger partial charge is 0.223 e. The molecule has 0 bridgehead atoms. The lowest BCUT2D eigenvalue weighted by molar-refractivity contribution is -0.133. The van der Waals surface area contributed by atoms with Gasteiger partial charge in [0.1, 0.15) is 0 Å². The van der Waals surface area contributed by atoms with Crippen molar-refractivity contribution in [2.45, 2.75) is 24.9 Å². The Labute approximate surface area is 147 Å². The predicted octanol–water partition coefficient (Wildman–Crippen LogP) is 0.768. The van der Waals surface area contributed by atoms with Gasteiger partial charge in [0.05, 0.1) is 17.7 Å². The number of hydrogen-bond acceptors (Lipinski definition) is 6. The highest BCUT2D eigenvalue weighted by Crippen LogP contribution is 2.30. The van der Waals surface area contributed by atoms with E-state index in [0.717, 1.165) is 29.6 Å². The Kier molecular flexibility index (Phi) is 5.15. The summed E-state index contributed by atoms with van der Waals surface area (Å²) in [5.41, 5.74) is 6.43. The number of amides is 1. The molecule has 7 nitrogen and oxygen atoms in total. The minimum Gasteiger partial charge on any atom is -0.386 e. The van der Waals surface area contributed by atoms with Gasteiger partial charge in [-0.2, -0.15) is 0 Å². The Balaban J connectivity index is 1.79. The summed E-state index contributed by atoms with van der Waals surface area (Å²) >= 11 is 0. The molecule has 1 saturated heterocycles. The molecule has 3 heterocycles. The van der Waals surface area contributed by atoms with Crippen molar-refractivity contribution in [1.29, 1.82) is 0 Å². The van der Waals surface area contributed by atoms with Crippen molar-refractivity contribution in [1.82, 2.24) is 14.9 Å². The van der Waals surface area contributed by atoms with Crippen LogP contribution < -0.4 is 10.6 Å². The molecule has 1 amide bonds. The minimum atomic E-state index is -0.935. The fourth-order valence-electron chi connectivity index (χ4n) is 3.54. The molecule has 1 atom stereocenters. The summed E-state index contributed by atoms with van der Waals surface area (Å²) in [6.45, 7) is 1.96. The van der Waals surface area contributed by atoms with Crippen molar-refractivity contribution in [3.05, 3.63) is 30.7 Å². The van der Waals surface area contributed by atoms with Gasteiger partial charge in [0.15, 0.2) is 0 Å². The highest BCUT2D eigenvalue weighted by atomic mass is 16.3. The summed E-state index contributed by atoms with van der Waals surface area (Å²) in [5.74, 6) is -0.0355. The third kappa shape index (κ3) is 3.88. The highest BCUT2D eigenvalue weighted by molar-refractivity contribution is 5.90. The minimum absolute atomic E-state index is 0.0355. The average molecular weight is 343 g/mol. The van der Waals surface area contributed by atoms with Crippen LogP contribution in [0.5, 0.6) is 0 Å². The summed E-state index contributed by atoms with van der Waals surface area (Å²) in [6.07, 6.45) is 7.15. The van der Waals surface area contributed by atoms with Crippen LogP contribution in [-0.4, -0.2) is 64.7 Å². The fourth-order valence-corrected chi connectivity index (χ4v) is 3.54. The zero-order valence-electron chi connectivity index (χ0n) is 14.6. The van der Waals surface area contributed by atoms with Gasteiger partial charge in [-0.05, 0) is 25.0 Å². The van der Waals surface area contributed by atoms with E-state index in [4.69, 9.17) is 5.73 Å². The summed E-state index contributed by atoms with van der Waals surface area (Å²) in [7, 11) is 1.72. The number of likely N-dealkylation sites (N-methyl/N-ethyl adjacent to an activating group) is 1. The second kappa shape index (κ2) is 7.33. The van der Waals surface area contributed by atoms with Gasteiger partial charge in [-0.1, -0.05) is 0 Å². The van der Waals surface area contributed by atoms with E-state index >= 15 is 0 Å². The maximum Gasteiger partial charge on any atom is 0.223 e. The van der Waals surface area contributed by atoms with Crippen molar-refractivity contribution >= 4 is 22.5 Å². The molecule has 0 aromatic carbocycles. The number of piperidine rings is 1. The predicted molar refractivity (Wildman–Crippen MR) is 97.2 cm³/mol. The molecule has 2 aromatic rings. The monoisotopic (exact) mass is 343 g/mol. The van der Waals surface area contributed by atoms with Gasteiger partial charge in [0, 0.05) is 62.8 Å². The average Bonchev–Trinajstić information content (AvgIpc) is 2.61. The van der Waals surface area contributed by atoms with Crippen LogP contribution in [0.25, 0.3) is 10.9 Å². The number of anilines is 1. The lowest BCUT2D eigenvalue weighted by Gasteiger charge is -2.42. The molecular formula is C18H25N5O2. The first kappa shape index (κ1) is 17.6. The number of fused-ring (bicyclic) bond motifs is 1. The maximum atomic E-state index is 12.0. The molecule has 0 aliphatic carbocycles. The second-order valence-corrected chi connectivity index (χ2v) is 6.76. The largest absolute Gasteiger partial charge is 0.386 e. The molecule has 2 aromatic heterocycles. The van der Waals surface area contributed by atoms with Crippen molar-refractivity contribution in [3.8, 4) is 0 Å². The lowest BCUT2D eigenvalue weighted by atomic mass is 9.91. The van der Waals surface area contributed by atoms with Crippen LogP contribution in [0.15, 0.2) is 30.7 Å². The molecule has 0 saturated carbocycles. The van der Waals surface area contributed by atoms with Crippen LogP contribution in [0, 0.1) is 0 Å². The first-order chi connectivity index (χ1) is 12.0. The van der Waals surface area contributed by atoms with Crippen LogP contribution in [0.2, 0.25) is 0 Å². The molecule has 0 unspecified atom stereocenters. The number of aromatic nitrogens is 2. The zero-order valence-corrected chi connectivity index (χ0v) is 14.6. The van der Waals surface area contributed by atoms with Gasteiger partial charge in [-0.15, -0.1) is 0 Å². The number of β-amino-alcohol motifs (C(OH)–C–C–N with tert-alkyl or cyclic N) is 1. The van der Waals surface area contributed by atoms with Gasteiger partial charge < -0.3 is 20.6 Å². The van der Waals surface area contributed by atoms with Crippen LogP contribution >= 0.6 is 0 Å². The van der Waals surface area contributed by atoms with Crippen molar-refractivity contribution in [2.24, 2.45) is 5.73 Å². The molecule has 25 heavy (non-hydrogen) atoms. The third-order valence-corrected chi connectivity index (χ3v) is 4.73. The number of hydrogen-bond donors (Lipinski definition) is 2. The van der Waals surface area contributed by atoms with E-state index in [1.54, 1.807) is 24.3 Å². The van der Waals surface area contributed by atoms with E-state index in [-0.39, 0.29) is 5.91 Å². The van der Waals surface area contributed by atoms with Gasteiger partial charge >= 0.3 is 0 Å². The van der Waals surface area contributed by atoms with Crippen LogP contribution in [-0.2, 0) is 4.79 Å². The Morgan fingerprint density at radius 1 is 1.44 bits per heavy atom. The molecule has 0 spiro atoms. The maximum absolute atomic E-state index is 12.0. The van der Waals surface area contributed by atoms with Crippen molar-refractivity contribution in [2.75, 3.05) is 38.1 Å². The first-order valence-electron chi connectivity index (χ1n) is 8.62. The number of pyridine rings is 2. The summed E-state index contributed by atoms with van der Waals surface area (Å²) < 4.78 is 0. The van der Waals surface area contributed by atoms with E-state index in [0.29, 0.717) is 32.5 Å². The topological polar surface area (TPSA) is 95.6 Å². The van der Waals surface area contributed by atoms with E-state index in [1.807, 2.05) is 18.3 Å². The molecule has 7 heteroatoms. The highest BCUT2D eigenvalue weighted by Gasteiger charge is 2.35. The Morgan fingerprint density at radius 3 is 3.08 bits per heavy atom. The molecule has 1 fully saturated rings. The molecule has 134 valence electrons. The summed E-state index contributed by atoms with van der Waals surface area (Å²) in [6, 6.07) is 3.84. The first-order valence-corrected chi connectivity index (χ1v) is 8.62. The van der Waals surface area contributed by atoms with E-state index in [1.165, 1.54) is 0 Å². The normalized spacial score (nSPS) is 20.7. The fraction of sp³-hybridized carbons (Fsp3) is 0.500. The van der Waals surface area contributed by atoms with E-state index < -0.39 is 5.60 Å². The Hall–Kier alpha value is -2.25. The van der Waals surface area contributed by atoms with Crippen molar-refractivity contribution < 1.29 is 9.90 Å². The second-order valence-electron chi connectivity index (χ2n) is 6.76. The molecule has 3 rings (SSSR count). The van der Waals surface area contributed by atoms with Gasteiger partial charge in [-0.25, -0.2) is 0 Å². The zero-order chi connectivity index (χ0) is 17.9. The number of nitrogens with zero attached hydrogens (tertiary/aromatic N) is 4. The van der Waals surface area contributed by atoms with Gasteiger partial charge in [0.25, 0.3) is 0 Å². The van der Waals surface area contributed by atoms with E-state index in [9.17, 15) is 9.90 Å². The summed E-state index contributed by atoms with van der Waals surface area (Å²) in [4.78, 5) is 24.3. The number of rotatable bonds is 5. The molecule has 1 aliphatic heterocycles. The van der Waals surface area contributed by atoms with Crippen LogP contribution in [0.4, 0.5) is 5.69 Å². The SMILES string of the molecule is CN(C[C@]1(O)CCCN(c2ccnc3ccncc23)C1)C(=O)CCN. The molecular weight excluding hydrogens is 318 g/mol. The van der Waals surface area contributed by atoms with Gasteiger partial charge in [0.2, 0.25) is 5.91 Å². The Morgan fingerprint density at radius 2 is 2.28 bits per heavy atom. The number of carbonyl (C=O) groups excluding carboxylic acids is 1. The summed E-state index contributed by atoms with van der Waals surface area (Å²) in [5, 5.41) is 12.0. The molecule has 0 radical (unpaired) electrons. The standard InChI is InChI=1S/C18H25N5O2/c1-22(17(24)3-7-19)12-18(25)6-2-10-23(13-18)16-5-9-21-15-4-8-20-11-14(15)16/h4-5,8-9,11,25H,2-3,6-7,10,12-13,19H2,1H3/t18-/m1/s1. The van der Waals surface area contributed by atoms with Crippen molar-refractivity contribution in [3.63, 3.8) is 0 Å². The number of nitrogens with two attached hydrogens (primary N) is 1.